The summed E-state index contributed by atoms with van der Waals surface area (Å²) in [4.78, 5) is 27.7. The molecule has 1 saturated heterocycles. The van der Waals surface area contributed by atoms with Crippen LogP contribution in [0.4, 0.5) is 5.00 Å². The number of hydrogen-bond acceptors (Lipinski definition) is 5. The first kappa shape index (κ1) is 20.3. The van der Waals surface area contributed by atoms with E-state index in [2.05, 4.69) is 5.32 Å². The monoisotopic (exact) mass is 395 g/mol. The van der Waals surface area contributed by atoms with Crippen molar-refractivity contribution in [1.29, 1.82) is 0 Å². The molecule has 0 bridgehead atoms. The molecule has 0 radical (unpaired) electrons. The first-order valence-electron chi connectivity index (χ1n) is 10.1. The quantitative estimate of drug-likeness (QED) is 0.590. The number of carbonyl (C=O) groups excluding carboxylic acids is 2. The SMILES string of the molecule is CCOC(=O)c1c(NC(=O)C[NH+]2C[C@@H](C)O[C@H](C)C2)sc2c1CCCCC2. The molecule has 1 fully saturated rings. The maximum atomic E-state index is 12.7. The Morgan fingerprint density at radius 2 is 1.89 bits per heavy atom. The largest absolute Gasteiger partial charge is 0.462 e. The van der Waals surface area contributed by atoms with Crippen LogP contribution < -0.4 is 10.2 Å². The molecule has 7 heteroatoms. The average Bonchev–Trinajstić information content (AvgIpc) is 2.75. The van der Waals surface area contributed by atoms with Gasteiger partial charge in [-0.05, 0) is 52.0 Å². The predicted octanol–water partition coefficient (Wildman–Crippen LogP) is 1.82. The molecule has 0 saturated carbocycles. The molecule has 3 rings (SSSR count). The molecule has 0 aromatic carbocycles. The van der Waals surface area contributed by atoms with Crippen molar-refractivity contribution in [3.8, 4) is 0 Å². The molecular weight excluding hydrogens is 364 g/mol. The predicted molar refractivity (Wildman–Crippen MR) is 106 cm³/mol. The number of fused-ring (bicyclic) bond motifs is 1. The van der Waals surface area contributed by atoms with Crippen LogP contribution in [0.15, 0.2) is 0 Å². The fourth-order valence-corrected chi connectivity index (χ4v) is 5.47. The molecule has 0 spiro atoms. The van der Waals surface area contributed by atoms with Crippen LogP contribution in [0.2, 0.25) is 0 Å². The van der Waals surface area contributed by atoms with E-state index in [0.29, 0.717) is 23.7 Å². The zero-order valence-electron chi connectivity index (χ0n) is 16.6. The minimum Gasteiger partial charge on any atom is -0.462 e. The molecule has 6 nitrogen and oxygen atoms in total. The molecule has 2 atom stereocenters. The minimum atomic E-state index is -0.312. The van der Waals surface area contributed by atoms with Gasteiger partial charge in [-0.2, -0.15) is 0 Å². The van der Waals surface area contributed by atoms with Crippen LogP contribution in [0.5, 0.6) is 0 Å². The Morgan fingerprint density at radius 1 is 1.19 bits per heavy atom. The third kappa shape index (κ3) is 5.09. The minimum absolute atomic E-state index is 0.0479. The number of quaternary nitrogens is 1. The number of esters is 1. The Balaban J connectivity index is 1.75. The topological polar surface area (TPSA) is 69.1 Å². The first-order chi connectivity index (χ1) is 13.0. The van der Waals surface area contributed by atoms with Crippen molar-refractivity contribution in [2.75, 3.05) is 31.6 Å². The molecule has 1 aliphatic heterocycles. The van der Waals surface area contributed by atoms with Gasteiger partial charge in [0.15, 0.2) is 6.54 Å². The van der Waals surface area contributed by atoms with Gasteiger partial charge in [0.25, 0.3) is 5.91 Å². The van der Waals surface area contributed by atoms with Crippen molar-refractivity contribution in [3.05, 3.63) is 16.0 Å². The number of morpholine rings is 1. The molecule has 150 valence electrons. The number of nitrogens with one attached hydrogen (secondary N) is 2. The molecule has 2 aliphatic rings. The lowest BCUT2D eigenvalue weighted by Crippen LogP contribution is -3.16. The van der Waals surface area contributed by atoms with Crippen molar-refractivity contribution in [2.24, 2.45) is 0 Å². The molecule has 0 unspecified atom stereocenters. The zero-order chi connectivity index (χ0) is 19.4. The third-order valence-electron chi connectivity index (χ3n) is 5.18. The normalized spacial score (nSPS) is 25.4. The van der Waals surface area contributed by atoms with Gasteiger partial charge in [-0.3, -0.25) is 4.79 Å². The maximum absolute atomic E-state index is 12.7. The van der Waals surface area contributed by atoms with Crippen molar-refractivity contribution in [3.63, 3.8) is 0 Å². The summed E-state index contributed by atoms with van der Waals surface area (Å²) in [5.41, 5.74) is 1.68. The fraction of sp³-hybridized carbons (Fsp3) is 0.700. The maximum Gasteiger partial charge on any atom is 0.341 e. The van der Waals surface area contributed by atoms with E-state index < -0.39 is 0 Å². The van der Waals surface area contributed by atoms with E-state index in [1.54, 1.807) is 11.3 Å². The van der Waals surface area contributed by atoms with Crippen LogP contribution in [0.3, 0.4) is 0 Å². The van der Waals surface area contributed by atoms with E-state index in [9.17, 15) is 9.59 Å². The number of amides is 1. The molecule has 1 aliphatic carbocycles. The van der Waals surface area contributed by atoms with E-state index in [1.807, 2.05) is 20.8 Å². The lowest BCUT2D eigenvalue weighted by molar-refractivity contribution is -0.907. The average molecular weight is 396 g/mol. The Labute approximate surface area is 165 Å². The van der Waals surface area contributed by atoms with Crippen LogP contribution in [0.1, 0.15) is 60.8 Å². The van der Waals surface area contributed by atoms with Crippen molar-refractivity contribution >= 4 is 28.2 Å². The summed E-state index contributed by atoms with van der Waals surface area (Å²) < 4.78 is 11.0. The Morgan fingerprint density at radius 3 is 2.59 bits per heavy atom. The van der Waals surface area contributed by atoms with Gasteiger partial charge in [-0.1, -0.05) is 6.42 Å². The van der Waals surface area contributed by atoms with Gasteiger partial charge >= 0.3 is 5.97 Å². The van der Waals surface area contributed by atoms with Crippen LogP contribution in [0.25, 0.3) is 0 Å². The van der Waals surface area contributed by atoms with E-state index in [4.69, 9.17) is 9.47 Å². The lowest BCUT2D eigenvalue weighted by Gasteiger charge is -2.31. The number of anilines is 1. The highest BCUT2D eigenvalue weighted by molar-refractivity contribution is 7.17. The third-order valence-corrected chi connectivity index (χ3v) is 6.39. The van der Waals surface area contributed by atoms with Crippen LogP contribution in [-0.4, -0.2) is 50.3 Å². The van der Waals surface area contributed by atoms with Crippen LogP contribution in [-0.2, 0) is 27.1 Å². The molecular formula is C20H31N2O4S+. The van der Waals surface area contributed by atoms with Crippen LogP contribution >= 0.6 is 11.3 Å². The standard InChI is InChI=1S/C20H30N2O4S/c1-4-25-20(24)18-15-8-6-5-7-9-16(15)27-19(18)21-17(23)12-22-10-13(2)26-14(3)11-22/h13-14H,4-12H2,1-3H3,(H,21,23)/p+1/t13-,14-/m1/s1. The number of carbonyl (C=O) groups is 2. The lowest BCUT2D eigenvalue weighted by atomic mass is 10.1. The van der Waals surface area contributed by atoms with Gasteiger partial charge in [0.05, 0.1) is 12.2 Å². The van der Waals surface area contributed by atoms with Crippen molar-refractivity contribution in [2.45, 2.75) is 65.1 Å². The summed E-state index contributed by atoms with van der Waals surface area (Å²) in [5.74, 6) is -0.360. The van der Waals surface area contributed by atoms with E-state index in [-0.39, 0.29) is 24.1 Å². The van der Waals surface area contributed by atoms with Gasteiger partial charge in [0.1, 0.15) is 30.3 Å². The highest BCUT2D eigenvalue weighted by Crippen LogP contribution is 2.37. The summed E-state index contributed by atoms with van der Waals surface area (Å²) in [7, 11) is 0. The second-order valence-electron chi connectivity index (χ2n) is 7.63. The molecule has 27 heavy (non-hydrogen) atoms. The molecule has 2 N–H and O–H groups in total. The Hall–Kier alpha value is -1.44. The molecule has 1 aromatic heterocycles. The van der Waals surface area contributed by atoms with E-state index >= 15 is 0 Å². The zero-order valence-corrected chi connectivity index (χ0v) is 17.4. The smallest absolute Gasteiger partial charge is 0.341 e. The number of rotatable bonds is 5. The van der Waals surface area contributed by atoms with Crippen molar-refractivity contribution in [1.82, 2.24) is 0 Å². The second-order valence-corrected chi connectivity index (χ2v) is 8.73. The Kier molecular flexibility index (Phi) is 6.89. The van der Waals surface area contributed by atoms with Gasteiger partial charge in [0, 0.05) is 4.88 Å². The summed E-state index contributed by atoms with van der Waals surface area (Å²) in [5, 5.41) is 3.69. The highest BCUT2D eigenvalue weighted by atomic mass is 32.1. The van der Waals surface area contributed by atoms with Gasteiger partial charge in [-0.15, -0.1) is 11.3 Å². The van der Waals surface area contributed by atoms with Gasteiger partial charge in [0.2, 0.25) is 0 Å². The number of thiophene rings is 1. The van der Waals surface area contributed by atoms with E-state index in [1.165, 1.54) is 16.2 Å². The number of hydrogen-bond donors (Lipinski definition) is 2. The number of aryl methyl sites for hydroxylation is 1. The van der Waals surface area contributed by atoms with Crippen LogP contribution in [0, 0.1) is 0 Å². The number of ether oxygens (including phenoxy) is 2. The molecule has 2 heterocycles. The summed E-state index contributed by atoms with van der Waals surface area (Å²) in [6.07, 6.45) is 5.58. The summed E-state index contributed by atoms with van der Waals surface area (Å²) in [6, 6.07) is 0. The van der Waals surface area contributed by atoms with Crippen molar-refractivity contribution < 1.29 is 24.0 Å². The summed E-state index contributed by atoms with van der Waals surface area (Å²) >= 11 is 1.55. The fourth-order valence-electron chi connectivity index (χ4n) is 4.18. The first-order valence-corrected chi connectivity index (χ1v) is 10.9. The Bertz CT molecular complexity index is 678. The molecule has 1 aromatic rings. The second kappa shape index (κ2) is 9.17. The van der Waals surface area contributed by atoms with E-state index in [0.717, 1.165) is 44.3 Å². The highest BCUT2D eigenvalue weighted by Gasteiger charge is 2.30. The molecule has 1 amide bonds. The summed E-state index contributed by atoms with van der Waals surface area (Å²) in [6.45, 7) is 8.27. The van der Waals surface area contributed by atoms with Gasteiger partial charge in [-0.25, -0.2) is 4.79 Å². The van der Waals surface area contributed by atoms with Gasteiger partial charge < -0.3 is 19.7 Å².